The van der Waals surface area contributed by atoms with Gasteiger partial charge >= 0.3 is 0 Å². The summed E-state index contributed by atoms with van der Waals surface area (Å²) in [6, 6.07) is 12.4. The lowest BCUT2D eigenvalue weighted by atomic mass is 9.98. The molecule has 0 aliphatic rings. The molecule has 2 atom stereocenters. The predicted octanol–water partition coefficient (Wildman–Crippen LogP) is 2.86. The summed E-state index contributed by atoms with van der Waals surface area (Å²) in [6.07, 6.45) is 1.89. The van der Waals surface area contributed by atoms with E-state index in [9.17, 15) is 18.7 Å². The number of carbonyl (C=O) groups excluding carboxylic acids is 1. The number of aliphatic hydroxyl groups excluding tert-OH is 1. The van der Waals surface area contributed by atoms with Gasteiger partial charge in [-0.25, -0.2) is 0 Å². The zero-order chi connectivity index (χ0) is 22.6. The molecule has 1 aromatic heterocycles. The molecule has 2 aromatic carbocycles. The van der Waals surface area contributed by atoms with E-state index in [1.165, 1.54) is 6.33 Å². The maximum atomic E-state index is 13.1. The average Bonchev–Trinajstić information content (AvgIpc) is 3.22. The van der Waals surface area contributed by atoms with Gasteiger partial charge in [0.15, 0.2) is 5.82 Å². The molecule has 164 valence electrons. The first-order chi connectivity index (χ1) is 14.7. The number of hydrogen-bond acceptors (Lipinski definition) is 6. The van der Waals surface area contributed by atoms with Crippen molar-refractivity contribution in [1.82, 2.24) is 20.1 Å². The van der Waals surface area contributed by atoms with Crippen molar-refractivity contribution in [2.45, 2.75) is 32.4 Å². The first-order valence-electron chi connectivity index (χ1n) is 9.54. The lowest BCUT2D eigenvalue weighted by molar-refractivity contribution is 0.0912. The number of rotatable bonds is 8. The van der Waals surface area contributed by atoms with E-state index in [1.807, 2.05) is 25.1 Å². The molecule has 3 rings (SSSR count). The third-order valence-electron chi connectivity index (χ3n) is 5.03. The highest BCUT2D eigenvalue weighted by atomic mass is 35.5. The summed E-state index contributed by atoms with van der Waals surface area (Å²) in [4.78, 5) is 13.1. The van der Waals surface area contributed by atoms with Gasteiger partial charge in [-0.3, -0.25) is 13.6 Å². The molecule has 8 nitrogen and oxygen atoms in total. The molecule has 31 heavy (non-hydrogen) atoms. The predicted molar refractivity (Wildman–Crippen MR) is 118 cm³/mol. The van der Waals surface area contributed by atoms with Crippen LogP contribution in [-0.2, 0) is 17.7 Å². The van der Waals surface area contributed by atoms with E-state index in [0.717, 1.165) is 11.1 Å². The molecule has 0 bridgehead atoms. The maximum absolute atomic E-state index is 13.1. The number of aromatic nitrogens is 3. The van der Waals surface area contributed by atoms with Gasteiger partial charge in [0, 0.05) is 27.6 Å². The highest BCUT2D eigenvalue weighted by Crippen LogP contribution is 2.27. The van der Waals surface area contributed by atoms with Gasteiger partial charge in [0.2, 0.25) is 0 Å². The van der Waals surface area contributed by atoms with Crippen LogP contribution in [0.4, 0.5) is 0 Å². The second-order valence-electron chi connectivity index (χ2n) is 7.37. The summed E-state index contributed by atoms with van der Waals surface area (Å²) in [5, 5.41) is 20.7. The second kappa shape index (κ2) is 9.69. The smallest absolute Gasteiger partial charge is 0.251 e. The Bertz CT molecular complexity index is 1100. The molecule has 3 aromatic rings. The van der Waals surface area contributed by atoms with Gasteiger partial charge < -0.3 is 15.0 Å². The molecule has 1 amide bonds. The van der Waals surface area contributed by atoms with Gasteiger partial charge in [0.05, 0.1) is 0 Å². The minimum absolute atomic E-state index is 0.195. The Balaban J connectivity index is 2.07. The Kier molecular flexibility index (Phi) is 7.22. The number of halogens is 1. The molecule has 0 radical (unpaired) electrons. The quantitative estimate of drug-likeness (QED) is 0.497. The maximum Gasteiger partial charge on any atom is 0.251 e. The molecule has 0 saturated carbocycles. The Morgan fingerprint density at radius 2 is 1.97 bits per heavy atom. The van der Waals surface area contributed by atoms with E-state index >= 15 is 0 Å². The number of nitrogens with zero attached hydrogens (tertiary/aromatic N) is 3. The normalized spacial score (nSPS) is 14.1. The number of hydrogen-bond donors (Lipinski definition) is 2. The highest BCUT2D eigenvalue weighted by Gasteiger charge is 2.26. The Morgan fingerprint density at radius 1 is 1.26 bits per heavy atom. The highest BCUT2D eigenvalue weighted by molar-refractivity contribution is 7.79. The number of aliphatic hydroxyl groups is 1. The first kappa shape index (κ1) is 23.1. The van der Waals surface area contributed by atoms with Gasteiger partial charge in [-0.1, -0.05) is 41.7 Å². The molecule has 2 N–H and O–H groups in total. The molecule has 1 heterocycles. The van der Waals surface area contributed by atoms with E-state index in [4.69, 9.17) is 11.6 Å². The lowest BCUT2D eigenvalue weighted by Crippen LogP contribution is -2.49. The van der Waals surface area contributed by atoms with Crippen molar-refractivity contribution in [2.75, 3.05) is 5.75 Å². The van der Waals surface area contributed by atoms with Crippen LogP contribution in [0.5, 0.6) is 0 Å². The number of carbonyl (C=O) groups is 1. The van der Waals surface area contributed by atoms with Crippen LogP contribution in [0.3, 0.4) is 0 Å². The molecular weight excluding hydrogens is 440 g/mol. The van der Waals surface area contributed by atoms with Crippen molar-refractivity contribution in [3.8, 4) is 16.8 Å². The van der Waals surface area contributed by atoms with E-state index in [-0.39, 0.29) is 12.4 Å². The van der Waals surface area contributed by atoms with Crippen molar-refractivity contribution < 1.29 is 18.7 Å². The molecule has 2 unspecified atom stereocenters. The Labute approximate surface area is 187 Å². The SMILES string of the molecule is CCC(C)(CS(=O)[O-])NC(=O)c1cc(-c2ccc(Cl)cc2)cc(-n2cnnc2CO)c1. The van der Waals surface area contributed by atoms with Crippen LogP contribution in [0, 0.1) is 0 Å². The third kappa shape index (κ3) is 5.56. The molecule has 0 spiro atoms. The average molecular weight is 462 g/mol. The summed E-state index contributed by atoms with van der Waals surface area (Å²) < 4.78 is 24.1. The van der Waals surface area contributed by atoms with E-state index in [2.05, 4.69) is 15.5 Å². The number of amides is 1. The minimum atomic E-state index is -2.30. The molecular formula is C21H22ClN4O4S-. The minimum Gasteiger partial charge on any atom is -0.772 e. The van der Waals surface area contributed by atoms with Crippen LogP contribution in [0.25, 0.3) is 16.8 Å². The van der Waals surface area contributed by atoms with Crippen LogP contribution in [0.15, 0.2) is 48.8 Å². The molecule has 10 heteroatoms. The van der Waals surface area contributed by atoms with Crippen molar-refractivity contribution >= 4 is 28.6 Å². The van der Waals surface area contributed by atoms with Crippen LogP contribution < -0.4 is 5.32 Å². The fraction of sp³-hybridized carbons (Fsp3) is 0.286. The number of benzene rings is 2. The summed E-state index contributed by atoms with van der Waals surface area (Å²) in [5.41, 5.74) is 1.57. The zero-order valence-corrected chi connectivity index (χ0v) is 18.6. The van der Waals surface area contributed by atoms with Crippen LogP contribution in [0.2, 0.25) is 5.02 Å². The first-order valence-corrected chi connectivity index (χ1v) is 11.2. The molecule has 0 aliphatic heterocycles. The van der Waals surface area contributed by atoms with E-state index < -0.39 is 22.5 Å². The van der Waals surface area contributed by atoms with Gasteiger partial charge in [0.25, 0.3) is 5.91 Å². The zero-order valence-electron chi connectivity index (χ0n) is 17.0. The van der Waals surface area contributed by atoms with Crippen molar-refractivity contribution in [3.05, 3.63) is 65.2 Å². The monoisotopic (exact) mass is 461 g/mol. The largest absolute Gasteiger partial charge is 0.772 e. The Morgan fingerprint density at radius 3 is 2.58 bits per heavy atom. The second-order valence-corrected chi connectivity index (χ2v) is 8.70. The van der Waals surface area contributed by atoms with Gasteiger partial charge in [-0.05, 0) is 54.8 Å². The topological polar surface area (TPSA) is 120 Å². The van der Waals surface area contributed by atoms with Gasteiger partial charge in [-0.15, -0.1) is 10.2 Å². The molecule has 0 saturated heterocycles. The number of nitrogens with one attached hydrogen (secondary N) is 1. The fourth-order valence-corrected chi connectivity index (χ4v) is 4.03. The molecule has 0 aliphatic carbocycles. The summed E-state index contributed by atoms with van der Waals surface area (Å²) in [6.45, 7) is 3.18. The van der Waals surface area contributed by atoms with Crippen molar-refractivity contribution in [1.29, 1.82) is 0 Å². The Hall–Kier alpha value is -2.59. The fourth-order valence-electron chi connectivity index (χ4n) is 3.11. The standard InChI is InChI=1S/C21H23ClN4O4S/c1-3-21(2,12-31(29)30)24-20(28)16-8-15(14-4-6-17(22)7-5-14)9-18(10-16)26-13-23-25-19(26)11-27/h4-10,13,27H,3,11-12H2,1-2H3,(H,24,28)(H,29,30)/p-1. The van der Waals surface area contributed by atoms with Crippen molar-refractivity contribution in [3.63, 3.8) is 0 Å². The van der Waals surface area contributed by atoms with Crippen molar-refractivity contribution in [2.24, 2.45) is 0 Å². The lowest BCUT2D eigenvalue weighted by Gasteiger charge is -2.30. The van der Waals surface area contributed by atoms with E-state index in [0.29, 0.717) is 28.5 Å². The van der Waals surface area contributed by atoms with Crippen LogP contribution in [-0.4, -0.2) is 45.8 Å². The van der Waals surface area contributed by atoms with Gasteiger partial charge in [-0.2, -0.15) is 0 Å². The third-order valence-corrected chi connectivity index (χ3v) is 6.15. The van der Waals surface area contributed by atoms with E-state index in [1.54, 1.807) is 35.8 Å². The molecule has 0 fully saturated rings. The van der Waals surface area contributed by atoms with Crippen LogP contribution >= 0.6 is 11.6 Å². The van der Waals surface area contributed by atoms with Crippen LogP contribution in [0.1, 0.15) is 36.5 Å². The summed E-state index contributed by atoms with van der Waals surface area (Å²) in [5.74, 6) is -0.288. The van der Waals surface area contributed by atoms with Gasteiger partial charge in [0.1, 0.15) is 12.9 Å². The summed E-state index contributed by atoms with van der Waals surface area (Å²) in [7, 11) is 0. The summed E-state index contributed by atoms with van der Waals surface area (Å²) >= 11 is 3.70.